The van der Waals surface area contributed by atoms with E-state index in [4.69, 9.17) is 4.99 Å². The Hall–Kier alpha value is -2.88. The Labute approximate surface area is 212 Å². The van der Waals surface area contributed by atoms with Crippen LogP contribution < -0.4 is 15.5 Å². The standard InChI is InChI=1S/C25H30N6O.HI/c1-2-27-25(28-16-20-5-7-22(8-6-20)18-30-15-13-26-19-30)29-17-21-9-11-23(12-10-21)31-14-3-4-24(31)32;/h5-13,15,19H,2-4,14,16-18H2,1H3,(H2,27,28,29);1H. The second-order valence-corrected chi connectivity index (χ2v) is 7.92. The number of amides is 1. The Bertz CT molecular complexity index is 1030. The fourth-order valence-corrected chi connectivity index (χ4v) is 3.75. The van der Waals surface area contributed by atoms with Crippen LogP contribution in [0, 0.1) is 0 Å². The number of imidazole rings is 1. The molecule has 0 spiro atoms. The molecule has 8 heteroatoms. The molecule has 1 aliphatic heterocycles. The minimum absolute atomic E-state index is 0. The van der Waals surface area contributed by atoms with E-state index in [1.165, 1.54) is 11.1 Å². The number of hydrogen-bond acceptors (Lipinski definition) is 3. The number of carbonyl (C=O) groups excluding carboxylic acids is 1. The summed E-state index contributed by atoms with van der Waals surface area (Å²) in [4.78, 5) is 22.6. The van der Waals surface area contributed by atoms with Gasteiger partial charge in [-0.1, -0.05) is 36.4 Å². The summed E-state index contributed by atoms with van der Waals surface area (Å²) in [7, 11) is 0. The van der Waals surface area contributed by atoms with Gasteiger partial charge in [0.25, 0.3) is 0 Å². The lowest BCUT2D eigenvalue weighted by molar-refractivity contribution is -0.117. The zero-order valence-corrected chi connectivity index (χ0v) is 21.2. The van der Waals surface area contributed by atoms with Gasteiger partial charge < -0.3 is 20.1 Å². The lowest BCUT2D eigenvalue weighted by Gasteiger charge is -2.16. The summed E-state index contributed by atoms with van der Waals surface area (Å²) in [6.45, 7) is 5.77. The summed E-state index contributed by atoms with van der Waals surface area (Å²) in [6, 6.07) is 16.7. The summed E-state index contributed by atoms with van der Waals surface area (Å²) >= 11 is 0. The molecule has 0 aliphatic carbocycles. The van der Waals surface area contributed by atoms with Gasteiger partial charge in [0.05, 0.1) is 12.9 Å². The number of carbonyl (C=O) groups is 1. The third-order valence-corrected chi connectivity index (χ3v) is 5.49. The molecule has 2 aromatic carbocycles. The molecule has 1 aliphatic rings. The second-order valence-electron chi connectivity index (χ2n) is 7.92. The van der Waals surface area contributed by atoms with Gasteiger partial charge in [-0.3, -0.25) is 4.79 Å². The van der Waals surface area contributed by atoms with Crippen LogP contribution >= 0.6 is 24.0 Å². The first-order valence-electron chi connectivity index (χ1n) is 11.2. The van der Waals surface area contributed by atoms with Crippen molar-refractivity contribution in [2.45, 2.75) is 39.4 Å². The molecule has 3 aromatic rings. The van der Waals surface area contributed by atoms with Gasteiger partial charge in [-0.15, -0.1) is 24.0 Å². The molecule has 0 radical (unpaired) electrons. The van der Waals surface area contributed by atoms with Crippen molar-refractivity contribution in [1.29, 1.82) is 0 Å². The van der Waals surface area contributed by atoms with Crippen molar-refractivity contribution in [3.05, 3.63) is 83.9 Å². The number of aromatic nitrogens is 2. The average molecular weight is 558 g/mol. The summed E-state index contributed by atoms with van der Waals surface area (Å²) < 4.78 is 2.05. The highest BCUT2D eigenvalue weighted by Crippen LogP contribution is 2.21. The number of nitrogens with one attached hydrogen (secondary N) is 2. The van der Waals surface area contributed by atoms with E-state index in [0.29, 0.717) is 19.5 Å². The average Bonchev–Trinajstić information content (AvgIpc) is 3.49. The van der Waals surface area contributed by atoms with E-state index in [0.717, 1.165) is 43.3 Å². The first-order chi connectivity index (χ1) is 15.7. The maximum Gasteiger partial charge on any atom is 0.227 e. The van der Waals surface area contributed by atoms with Gasteiger partial charge in [0.2, 0.25) is 5.91 Å². The highest BCUT2D eigenvalue weighted by molar-refractivity contribution is 14.0. The summed E-state index contributed by atoms with van der Waals surface area (Å²) in [5.74, 6) is 0.998. The van der Waals surface area contributed by atoms with Crippen LogP contribution in [0.4, 0.5) is 5.69 Å². The zero-order chi connectivity index (χ0) is 22.2. The van der Waals surface area contributed by atoms with Crippen LogP contribution in [0.5, 0.6) is 0 Å². The predicted molar refractivity (Wildman–Crippen MR) is 143 cm³/mol. The van der Waals surface area contributed by atoms with Crippen LogP contribution in [-0.4, -0.2) is 34.5 Å². The molecule has 4 rings (SSSR count). The molecule has 2 heterocycles. The minimum atomic E-state index is 0. The van der Waals surface area contributed by atoms with E-state index < -0.39 is 0 Å². The highest BCUT2D eigenvalue weighted by Gasteiger charge is 2.21. The highest BCUT2D eigenvalue weighted by atomic mass is 127. The molecule has 1 fully saturated rings. The number of anilines is 1. The SMILES string of the molecule is CCNC(=NCc1ccc(N2CCCC2=O)cc1)NCc1ccc(Cn2ccnc2)cc1.I. The van der Waals surface area contributed by atoms with E-state index in [1.807, 2.05) is 41.7 Å². The third kappa shape index (κ3) is 7.05. The topological polar surface area (TPSA) is 74.6 Å². The number of hydrogen-bond donors (Lipinski definition) is 2. The third-order valence-electron chi connectivity index (χ3n) is 5.49. The van der Waals surface area contributed by atoms with Gasteiger partial charge in [0, 0.05) is 50.7 Å². The van der Waals surface area contributed by atoms with Gasteiger partial charge in [-0.25, -0.2) is 9.98 Å². The Morgan fingerprint density at radius 2 is 1.76 bits per heavy atom. The number of aliphatic imine (C=N–C) groups is 1. The Morgan fingerprint density at radius 1 is 1.03 bits per heavy atom. The molecule has 0 unspecified atom stereocenters. The van der Waals surface area contributed by atoms with Gasteiger partial charge in [0.1, 0.15) is 0 Å². The molecule has 1 saturated heterocycles. The lowest BCUT2D eigenvalue weighted by Crippen LogP contribution is -2.36. The Morgan fingerprint density at radius 3 is 2.39 bits per heavy atom. The van der Waals surface area contributed by atoms with Crippen LogP contribution in [0.1, 0.15) is 36.5 Å². The van der Waals surface area contributed by atoms with E-state index in [-0.39, 0.29) is 29.9 Å². The minimum Gasteiger partial charge on any atom is -0.357 e. The predicted octanol–water partition coefficient (Wildman–Crippen LogP) is 3.93. The Balaban J connectivity index is 0.00000306. The van der Waals surface area contributed by atoms with Gasteiger partial charge >= 0.3 is 0 Å². The monoisotopic (exact) mass is 558 g/mol. The van der Waals surface area contributed by atoms with Crippen LogP contribution in [-0.2, 0) is 24.4 Å². The number of guanidine groups is 1. The zero-order valence-electron chi connectivity index (χ0n) is 18.9. The fourth-order valence-electron chi connectivity index (χ4n) is 3.75. The smallest absolute Gasteiger partial charge is 0.227 e. The van der Waals surface area contributed by atoms with E-state index >= 15 is 0 Å². The number of benzene rings is 2. The van der Waals surface area contributed by atoms with Gasteiger partial charge in [-0.05, 0) is 42.2 Å². The van der Waals surface area contributed by atoms with Crippen LogP contribution in [0.3, 0.4) is 0 Å². The van der Waals surface area contributed by atoms with Crippen molar-refractivity contribution < 1.29 is 4.79 Å². The van der Waals surface area contributed by atoms with E-state index in [1.54, 1.807) is 6.20 Å². The first-order valence-corrected chi connectivity index (χ1v) is 11.2. The van der Waals surface area contributed by atoms with E-state index in [9.17, 15) is 4.79 Å². The normalized spacial score (nSPS) is 13.7. The van der Waals surface area contributed by atoms with E-state index in [2.05, 4.69) is 51.4 Å². The van der Waals surface area contributed by atoms with Crippen LogP contribution in [0.2, 0.25) is 0 Å². The van der Waals surface area contributed by atoms with Crippen molar-refractivity contribution >= 4 is 41.5 Å². The van der Waals surface area contributed by atoms with Crippen molar-refractivity contribution in [2.75, 3.05) is 18.0 Å². The largest absolute Gasteiger partial charge is 0.357 e. The van der Waals surface area contributed by atoms with Crippen molar-refractivity contribution in [3.8, 4) is 0 Å². The molecule has 1 amide bonds. The summed E-state index contributed by atoms with van der Waals surface area (Å²) in [5.41, 5.74) is 4.53. The summed E-state index contributed by atoms with van der Waals surface area (Å²) in [5, 5.41) is 6.71. The molecule has 0 atom stereocenters. The molecule has 0 saturated carbocycles. The first kappa shape index (κ1) is 24.8. The summed E-state index contributed by atoms with van der Waals surface area (Å²) in [6.07, 6.45) is 7.18. The molecule has 174 valence electrons. The lowest BCUT2D eigenvalue weighted by atomic mass is 10.1. The molecular formula is C25H31IN6O. The van der Waals surface area contributed by atoms with Gasteiger partial charge in [0.15, 0.2) is 5.96 Å². The van der Waals surface area contributed by atoms with Crippen LogP contribution in [0.15, 0.2) is 72.2 Å². The number of halogens is 1. The van der Waals surface area contributed by atoms with Gasteiger partial charge in [-0.2, -0.15) is 0 Å². The molecule has 1 aromatic heterocycles. The number of nitrogens with zero attached hydrogens (tertiary/aromatic N) is 4. The van der Waals surface area contributed by atoms with Crippen molar-refractivity contribution in [2.24, 2.45) is 4.99 Å². The second kappa shape index (κ2) is 12.4. The molecule has 0 bridgehead atoms. The van der Waals surface area contributed by atoms with Crippen LogP contribution in [0.25, 0.3) is 0 Å². The molecular weight excluding hydrogens is 527 g/mol. The quantitative estimate of drug-likeness (QED) is 0.250. The van der Waals surface area contributed by atoms with Crippen molar-refractivity contribution in [1.82, 2.24) is 20.2 Å². The van der Waals surface area contributed by atoms with Crippen molar-refractivity contribution in [3.63, 3.8) is 0 Å². The molecule has 33 heavy (non-hydrogen) atoms. The number of rotatable bonds is 8. The maximum atomic E-state index is 11.9. The maximum absolute atomic E-state index is 11.9. The fraction of sp³-hybridized carbons (Fsp3) is 0.320. The Kier molecular flexibility index (Phi) is 9.29. The molecule has 2 N–H and O–H groups in total. The molecule has 7 nitrogen and oxygen atoms in total.